The highest BCUT2D eigenvalue weighted by molar-refractivity contribution is 5.38. The van der Waals surface area contributed by atoms with Gasteiger partial charge in [-0.1, -0.05) is 0 Å². The van der Waals surface area contributed by atoms with Crippen LogP contribution in [0.15, 0.2) is 0 Å². The Morgan fingerprint density at radius 3 is 0.900 bits per heavy atom. The zero-order valence-corrected chi connectivity index (χ0v) is 18.7. The third-order valence-corrected chi connectivity index (χ3v) is 5.61. The molecule has 0 aromatic carbocycles. The quantitative estimate of drug-likeness (QED) is 0.383. The summed E-state index contributed by atoms with van der Waals surface area (Å²) in [4.78, 5) is 26.2. The summed E-state index contributed by atoms with van der Waals surface area (Å²) in [5.74, 6) is 1.35. The minimum absolute atomic E-state index is 0. The molecule has 0 N–H and O–H groups in total. The number of ether oxygens (including phenoxy) is 4. The standard InChI is InChI=1S/C16H24N8O4.2ClH/c1-25-13-17-11(18-14(21-13)26-2)23-5-8-24(9-6-23,10-7-23)12-19-15(27-3)22-16(20-12)28-4;;/h5-10H2,1-4H3;2*1H/q+2;;/p-2. The summed E-state index contributed by atoms with van der Waals surface area (Å²) in [5.41, 5.74) is 0. The minimum Gasteiger partial charge on any atom is -1.00 e. The smallest absolute Gasteiger partial charge is 0.338 e. The molecule has 3 saturated heterocycles. The molecule has 0 saturated carbocycles. The molecule has 3 aliphatic heterocycles. The van der Waals surface area contributed by atoms with Crippen molar-refractivity contribution < 1.29 is 43.8 Å². The van der Waals surface area contributed by atoms with Gasteiger partial charge in [-0.05, 0) is 0 Å². The highest BCUT2D eigenvalue weighted by Gasteiger charge is 2.55. The second-order valence-corrected chi connectivity index (χ2v) is 6.85. The molecule has 5 heterocycles. The number of hydrogen-bond acceptors (Lipinski definition) is 10. The summed E-state index contributed by atoms with van der Waals surface area (Å²) in [6.07, 6.45) is 0. The Morgan fingerprint density at radius 2 is 0.700 bits per heavy atom. The molecule has 2 aromatic heterocycles. The van der Waals surface area contributed by atoms with Gasteiger partial charge in [0.25, 0.3) is 0 Å². The molecule has 5 rings (SSSR count). The van der Waals surface area contributed by atoms with E-state index >= 15 is 0 Å². The van der Waals surface area contributed by atoms with Gasteiger partial charge in [0.1, 0.15) is 39.3 Å². The molecule has 0 radical (unpaired) electrons. The van der Waals surface area contributed by atoms with Crippen LogP contribution in [0.25, 0.3) is 0 Å². The maximum absolute atomic E-state index is 5.22. The lowest BCUT2D eigenvalue weighted by atomic mass is 10.1. The summed E-state index contributed by atoms with van der Waals surface area (Å²) in [6, 6.07) is 1.05. The lowest BCUT2D eigenvalue weighted by molar-refractivity contribution is -0.00100. The largest absolute Gasteiger partial charge is 1.00 e. The number of hydrogen-bond donors (Lipinski definition) is 0. The van der Waals surface area contributed by atoms with Gasteiger partial charge in [0.2, 0.25) is 0 Å². The molecule has 0 spiro atoms. The van der Waals surface area contributed by atoms with Crippen molar-refractivity contribution in [2.24, 2.45) is 0 Å². The third kappa shape index (κ3) is 4.00. The molecule has 14 heteroatoms. The van der Waals surface area contributed by atoms with E-state index in [2.05, 4.69) is 29.9 Å². The molecule has 0 amide bonds. The van der Waals surface area contributed by atoms with Crippen molar-refractivity contribution in [2.75, 3.05) is 67.7 Å². The van der Waals surface area contributed by atoms with Crippen LogP contribution in [0, 0.1) is 0 Å². The number of rotatable bonds is 6. The van der Waals surface area contributed by atoms with E-state index in [0.29, 0.717) is 20.9 Å². The first-order valence-electron chi connectivity index (χ1n) is 8.98. The predicted molar refractivity (Wildman–Crippen MR) is 98.7 cm³/mol. The Bertz CT molecular complexity index is 750. The number of fused-ring (bicyclic) bond motifs is 3. The number of aromatic nitrogens is 6. The fourth-order valence-corrected chi connectivity index (χ4v) is 3.86. The first-order valence-corrected chi connectivity index (χ1v) is 8.98. The zero-order chi connectivity index (χ0) is 19.8. The van der Waals surface area contributed by atoms with Gasteiger partial charge >= 0.3 is 35.9 Å². The Labute approximate surface area is 186 Å². The molecule has 12 nitrogen and oxygen atoms in total. The molecule has 30 heavy (non-hydrogen) atoms. The van der Waals surface area contributed by atoms with E-state index in [-0.39, 0.29) is 48.9 Å². The molecular formula is C16H24Cl2N8O4. The van der Waals surface area contributed by atoms with Crippen molar-refractivity contribution in [3.05, 3.63) is 0 Å². The monoisotopic (exact) mass is 462 g/mol. The van der Waals surface area contributed by atoms with Crippen LogP contribution in [0.2, 0.25) is 0 Å². The van der Waals surface area contributed by atoms with Gasteiger partial charge in [-0.15, -0.1) is 29.9 Å². The SMILES string of the molecule is COc1nc(OC)nc([N+]23CC[N+](c4nc(OC)nc(OC)n4)(CC2)CC3)n1.[Cl-].[Cl-]. The first-order chi connectivity index (χ1) is 13.6. The minimum atomic E-state index is 0. The van der Waals surface area contributed by atoms with E-state index < -0.39 is 0 Å². The third-order valence-electron chi connectivity index (χ3n) is 5.61. The summed E-state index contributed by atoms with van der Waals surface area (Å²) < 4.78 is 22.2. The Morgan fingerprint density at radius 1 is 0.467 bits per heavy atom. The van der Waals surface area contributed by atoms with Gasteiger partial charge in [-0.2, -0.15) is 0 Å². The van der Waals surface area contributed by atoms with E-state index in [1.807, 2.05) is 0 Å². The van der Waals surface area contributed by atoms with E-state index in [1.165, 1.54) is 28.4 Å². The van der Waals surface area contributed by atoms with Crippen LogP contribution in [-0.4, -0.2) is 97.6 Å². The number of piperazine rings is 3. The molecule has 0 unspecified atom stereocenters. The fraction of sp³-hybridized carbons (Fsp3) is 0.625. The molecule has 3 aliphatic rings. The van der Waals surface area contributed by atoms with Crippen molar-refractivity contribution in [1.29, 1.82) is 0 Å². The van der Waals surface area contributed by atoms with Crippen molar-refractivity contribution in [1.82, 2.24) is 38.9 Å². The maximum Gasteiger partial charge on any atom is 0.338 e. The molecular weight excluding hydrogens is 439 g/mol. The molecule has 0 atom stereocenters. The number of quaternary nitrogens is 2. The lowest BCUT2D eigenvalue weighted by Gasteiger charge is -2.51. The van der Waals surface area contributed by atoms with Crippen LogP contribution in [0.3, 0.4) is 0 Å². The summed E-state index contributed by atoms with van der Waals surface area (Å²) >= 11 is 0. The van der Waals surface area contributed by atoms with E-state index in [9.17, 15) is 0 Å². The molecule has 0 aliphatic carbocycles. The van der Waals surface area contributed by atoms with Crippen LogP contribution in [0.1, 0.15) is 0 Å². The van der Waals surface area contributed by atoms with Gasteiger partial charge in [0.05, 0.1) is 28.4 Å². The second kappa shape index (κ2) is 9.25. The van der Waals surface area contributed by atoms with Crippen LogP contribution < -0.4 is 52.7 Å². The lowest BCUT2D eigenvalue weighted by Crippen LogP contribution is -3.00. The summed E-state index contributed by atoms with van der Waals surface area (Å²) in [5, 5.41) is 0. The van der Waals surface area contributed by atoms with Gasteiger partial charge in [-0.3, -0.25) is 0 Å². The van der Waals surface area contributed by atoms with Gasteiger partial charge < -0.3 is 43.8 Å². The molecule has 3 fully saturated rings. The van der Waals surface area contributed by atoms with Gasteiger partial charge in [0.15, 0.2) is 0 Å². The van der Waals surface area contributed by atoms with E-state index in [0.717, 1.165) is 39.3 Å². The predicted octanol–water partition coefficient (Wildman–Crippen LogP) is -6.56. The number of nitrogens with zero attached hydrogens (tertiary/aromatic N) is 8. The first kappa shape index (κ1) is 24.0. The van der Waals surface area contributed by atoms with Crippen molar-refractivity contribution in [3.63, 3.8) is 0 Å². The second-order valence-electron chi connectivity index (χ2n) is 6.85. The fourth-order valence-electron chi connectivity index (χ4n) is 3.86. The van der Waals surface area contributed by atoms with Gasteiger partial charge in [0, 0.05) is 0 Å². The Balaban J connectivity index is 0.00000160. The molecule has 166 valence electrons. The highest BCUT2D eigenvalue weighted by atomic mass is 35.5. The Kier molecular flexibility index (Phi) is 7.40. The number of methoxy groups -OCH3 is 4. The average Bonchev–Trinajstić information content (AvgIpc) is 2.79. The van der Waals surface area contributed by atoms with Crippen LogP contribution in [0.5, 0.6) is 24.0 Å². The summed E-state index contributed by atoms with van der Waals surface area (Å²) in [6.45, 7) is 5.04. The Hall–Kier alpha value is -2.28. The van der Waals surface area contributed by atoms with Crippen molar-refractivity contribution >= 4 is 11.9 Å². The van der Waals surface area contributed by atoms with Crippen molar-refractivity contribution in [3.8, 4) is 24.0 Å². The molecule has 2 bridgehead atoms. The zero-order valence-electron chi connectivity index (χ0n) is 17.2. The van der Waals surface area contributed by atoms with Crippen LogP contribution >= 0.6 is 0 Å². The van der Waals surface area contributed by atoms with Gasteiger partial charge in [-0.25, -0.2) is 8.97 Å². The van der Waals surface area contributed by atoms with Crippen LogP contribution in [0.4, 0.5) is 11.9 Å². The number of halogens is 2. The summed E-state index contributed by atoms with van der Waals surface area (Å²) in [7, 11) is 6.14. The topological polar surface area (TPSA) is 114 Å². The van der Waals surface area contributed by atoms with Crippen LogP contribution in [-0.2, 0) is 0 Å². The molecule has 2 aromatic rings. The maximum atomic E-state index is 5.22. The average molecular weight is 463 g/mol. The van der Waals surface area contributed by atoms with E-state index in [4.69, 9.17) is 18.9 Å². The highest BCUT2D eigenvalue weighted by Crippen LogP contribution is 2.35. The normalized spacial score (nSPS) is 24.3. The van der Waals surface area contributed by atoms with E-state index in [1.54, 1.807) is 0 Å². The van der Waals surface area contributed by atoms with Crippen molar-refractivity contribution in [2.45, 2.75) is 0 Å².